The molecule has 0 aromatic heterocycles. The van der Waals surface area contributed by atoms with E-state index in [0.717, 1.165) is 57.7 Å². The molecule has 5 heteroatoms. The van der Waals surface area contributed by atoms with Crippen LogP contribution in [0.5, 0.6) is 0 Å². The topological polar surface area (TPSA) is 78.8 Å². The molecule has 0 aromatic rings. The molecule has 0 radical (unpaired) electrons. The van der Waals surface area contributed by atoms with Crippen LogP contribution in [0.1, 0.15) is 78.1 Å². The highest BCUT2D eigenvalue weighted by atomic mass is 16.4. The van der Waals surface area contributed by atoms with Crippen LogP contribution in [-0.4, -0.2) is 41.2 Å². The van der Waals surface area contributed by atoms with Crippen LogP contribution in [0.15, 0.2) is 4.99 Å². The summed E-state index contributed by atoms with van der Waals surface area (Å²) in [6.45, 7) is 3.77. The highest BCUT2D eigenvalue weighted by Gasteiger charge is 2.87. The summed E-state index contributed by atoms with van der Waals surface area (Å²) in [6.07, 6.45) is 13.6. The standard InChI is InChI=1S/C20H32N2O3/c1-18(2)19(17(24)25,13-21-15-9-5-3-6-10-15)20(18,14-23)22-16-11-7-4-8-12-16/h13-16,22H,3-12H2,1-2H3,(H,24,25). The SMILES string of the molecule is CC1(C)C(C=O)(NC2CCCCC2)C1(C=NC1CCCCC1)C(=O)O. The van der Waals surface area contributed by atoms with Crippen molar-refractivity contribution in [3.8, 4) is 0 Å². The lowest BCUT2D eigenvalue weighted by molar-refractivity contribution is -0.142. The van der Waals surface area contributed by atoms with Crippen LogP contribution in [0.2, 0.25) is 0 Å². The van der Waals surface area contributed by atoms with E-state index in [9.17, 15) is 14.7 Å². The van der Waals surface area contributed by atoms with Gasteiger partial charge in [-0.2, -0.15) is 0 Å². The van der Waals surface area contributed by atoms with Crippen LogP contribution in [0.4, 0.5) is 0 Å². The smallest absolute Gasteiger partial charge is 0.318 e. The van der Waals surface area contributed by atoms with Gasteiger partial charge in [0.2, 0.25) is 0 Å². The Bertz CT molecular complexity index is 547. The Labute approximate surface area is 150 Å². The summed E-state index contributed by atoms with van der Waals surface area (Å²) in [6, 6.07) is 0.433. The molecule has 3 rings (SSSR count). The van der Waals surface area contributed by atoms with Crippen LogP contribution in [0.25, 0.3) is 0 Å². The second kappa shape index (κ2) is 6.82. The van der Waals surface area contributed by atoms with Gasteiger partial charge in [0.05, 0.1) is 0 Å². The summed E-state index contributed by atoms with van der Waals surface area (Å²) in [5, 5.41) is 13.5. The molecule has 2 unspecified atom stereocenters. The van der Waals surface area contributed by atoms with Gasteiger partial charge in [-0.1, -0.05) is 52.4 Å². The Morgan fingerprint density at radius 1 is 1.04 bits per heavy atom. The van der Waals surface area contributed by atoms with Crippen LogP contribution < -0.4 is 5.32 Å². The summed E-state index contributed by atoms with van der Waals surface area (Å²) in [5.74, 6) is -0.938. The first kappa shape index (κ1) is 18.6. The fourth-order valence-electron chi connectivity index (χ4n) is 5.28. The second-order valence-electron chi connectivity index (χ2n) is 8.71. The number of carboxylic acids is 1. The molecule has 3 aliphatic rings. The third-order valence-corrected chi connectivity index (χ3v) is 7.14. The van der Waals surface area contributed by atoms with E-state index in [4.69, 9.17) is 0 Å². The van der Waals surface area contributed by atoms with Crippen molar-refractivity contribution in [2.24, 2.45) is 15.8 Å². The number of carbonyl (C=O) groups is 2. The highest BCUT2D eigenvalue weighted by Crippen LogP contribution is 2.70. The van der Waals surface area contributed by atoms with E-state index in [2.05, 4.69) is 10.3 Å². The molecular weight excluding hydrogens is 316 g/mol. The number of rotatable bonds is 6. The summed E-state index contributed by atoms with van der Waals surface area (Å²) >= 11 is 0. The second-order valence-corrected chi connectivity index (χ2v) is 8.71. The summed E-state index contributed by atoms with van der Waals surface area (Å²) in [5.41, 5.74) is -2.97. The minimum Gasteiger partial charge on any atom is -0.480 e. The molecular formula is C20H32N2O3. The predicted octanol–water partition coefficient (Wildman–Crippen LogP) is 3.36. The highest BCUT2D eigenvalue weighted by molar-refractivity contribution is 6.09. The molecule has 25 heavy (non-hydrogen) atoms. The molecule has 0 amide bonds. The lowest BCUT2D eigenvalue weighted by atomic mass is 9.92. The van der Waals surface area contributed by atoms with Crippen LogP contribution >= 0.6 is 0 Å². The zero-order valence-electron chi connectivity index (χ0n) is 15.6. The van der Waals surface area contributed by atoms with Gasteiger partial charge in [0.15, 0.2) is 0 Å². The van der Waals surface area contributed by atoms with E-state index in [0.29, 0.717) is 0 Å². The lowest BCUT2D eigenvalue weighted by Crippen LogP contribution is -2.49. The van der Waals surface area contributed by atoms with Crippen molar-refractivity contribution in [1.29, 1.82) is 0 Å². The fourth-order valence-corrected chi connectivity index (χ4v) is 5.28. The Balaban J connectivity index is 1.86. The molecule has 0 spiro atoms. The van der Waals surface area contributed by atoms with Crippen molar-refractivity contribution >= 4 is 18.5 Å². The van der Waals surface area contributed by atoms with E-state index in [1.165, 1.54) is 12.8 Å². The van der Waals surface area contributed by atoms with Gasteiger partial charge < -0.3 is 15.2 Å². The number of hydrogen-bond donors (Lipinski definition) is 2. The van der Waals surface area contributed by atoms with Gasteiger partial charge in [-0.25, -0.2) is 0 Å². The fraction of sp³-hybridized carbons (Fsp3) is 0.850. The van der Waals surface area contributed by atoms with Gasteiger partial charge in [-0.15, -0.1) is 0 Å². The lowest BCUT2D eigenvalue weighted by Gasteiger charge is -2.28. The maximum atomic E-state index is 12.3. The molecule has 3 fully saturated rings. The molecule has 5 nitrogen and oxygen atoms in total. The minimum atomic E-state index is -1.24. The minimum absolute atomic E-state index is 0.209. The van der Waals surface area contributed by atoms with E-state index < -0.39 is 22.3 Å². The predicted molar refractivity (Wildman–Crippen MR) is 98.0 cm³/mol. The molecule has 0 aliphatic heterocycles. The van der Waals surface area contributed by atoms with E-state index in [1.807, 2.05) is 13.8 Å². The number of nitrogens with one attached hydrogen (secondary N) is 1. The quantitative estimate of drug-likeness (QED) is 0.570. The first-order valence-corrected chi connectivity index (χ1v) is 9.93. The average Bonchev–Trinajstić information content (AvgIpc) is 3.04. The van der Waals surface area contributed by atoms with Gasteiger partial charge in [-0.05, 0) is 25.7 Å². The van der Waals surface area contributed by atoms with E-state index in [1.54, 1.807) is 6.21 Å². The van der Waals surface area contributed by atoms with Gasteiger partial charge >= 0.3 is 5.97 Å². The third kappa shape index (κ3) is 2.75. The Morgan fingerprint density at radius 3 is 2.12 bits per heavy atom. The van der Waals surface area contributed by atoms with Gasteiger partial charge in [-0.3, -0.25) is 9.79 Å². The van der Waals surface area contributed by atoms with Gasteiger partial charge in [0.1, 0.15) is 17.2 Å². The molecule has 2 N–H and O–H groups in total. The molecule has 0 heterocycles. The summed E-state index contributed by atoms with van der Waals surface area (Å²) < 4.78 is 0. The zero-order valence-corrected chi connectivity index (χ0v) is 15.6. The van der Waals surface area contributed by atoms with Crippen molar-refractivity contribution in [2.75, 3.05) is 0 Å². The van der Waals surface area contributed by atoms with E-state index >= 15 is 0 Å². The Kier molecular flexibility index (Phi) is 5.06. The number of aliphatic carboxylic acids is 1. The van der Waals surface area contributed by atoms with E-state index in [-0.39, 0.29) is 12.1 Å². The van der Waals surface area contributed by atoms with Gasteiger partial charge in [0.25, 0.3) is 0 Å². The van der Waals surface area contributed by atoms with Crippen LogP contribution in [0, 0.1) is 10.8 Å². The molecule has 2 atom stereocenters. The van der Waals surface area contributed by atoms with Crippen LogP contribution in [0.3, 0.4) is 0 Å². The van der Waals surface area contributed by atoms with Crippen molar-refractivity contribution < 1.29 is 14.7 Å². The number of nitrogens with zero attached hydrogens (tertiary/aromatic N) is 1. The van der Waals surface area contributed by atoms with Crippen LogP contribution in [-0.2, 0) is 9.59 Å². The van der Waals surface area contributed by atoms with Gasteiger partial charge in [0, 0.05) is 23.7 Å². The number of carboxylic acid groups (broad SMARTS) is 1. The van der Waals surface area contributed by atoms with Crippen molar-refractivity contribution in [2.45, 2.75) is 95.7 Å². The van der Waals surface area contributed by atoms with Crippen molar-refractivity contribution in [1.82, 2.24) is 5.32 Å². The molecule has 0 bridgehead atoms. The number of hydrogen-bond acceptors (Lipinski definition) is 4. The van der Waals surface area contributed by atoms with Crippen molar-refractivity contribution in [3.05, 3.63) is 0 Å². The first-order chi connectivity index (χ1) is 11.9. The summed E-state index contributed by atoms with van der Waals surface area (Å²) in [7, 11) is 0. The zero-order chi connectivity index (χ0) is 18.1. The summed E-state index contributed by atoms with van der Waals surface area (Å²) in [4.78, 5) is 29.1. The molecule has 0 saturated heterocycles. The normalized spacial score (nSPS) is 36.4. The largest absolute Gasteiger partial charge is 0.480 e. The molecule has 3 aliphatic carbocycles. The number of carbonyl (C=O) groups excluding carboxylic acids is 1. The number of aliphatic imine (C=N–C) groups is 1. The molecule has 3 saturated carbocycles. The monoisotopic (exact) mass is 348 g/mol. The first-order valence-electron chi connectivity index (χ1n) is 9.93. The third-order valence-electron chi connectivity index (χ3n) is 7.14. The Morgan fingerprint density at radius 2 is 1.60 bits per heavy atom. The van der Waals surface area contributed by atoms with Crippen molar-refractivity contribution in [3.63, 3.8) is 0 Å². The maximum Gasteiger partial charge on any atom is 0.318 e. The molecule has 140 valence electrons. The molecule has 0 aromatic carbocycles. The average molecular weight is 348 g/mol. The Hall–Kier alpha value is -1.23. The maximum absolute atomic E-state index is 12.3. The number of aldehydes is 1.